The van der Waals surface area contributed by atoms with Crippen molar-refractivity contribution < 1.29 is 4.42 Å². The van der Waals surface area contributed by atoms with Crippen molar-refractivity contribution >= 4 is 44.4 Å². The molecule has 0 aliphatic heterocycles. The normalized spacial score (nSPS) is 15.0. The molecule has 4 aromatic rings. The van der Waals surface area contributed by atoms with E-state index in [2.05, 4.69) is 0 Å². The van der Waals surface area contributed by atoms with E-state index in [1.54, 1.807) is 33.7 Å². The Morgan fingerprint density at radius 1 is 1.20 bits per heavy atom. The molecule has 5 rings (SSSR count). The van der Waals surface area contributed by atoms with Crippen LogP contribution in [0.2, 0.25) is 0 Å². The van der Waals surface area contributed by atoms with Gasteiger partial charge in [-0.2, -0.15) is 0 Å². The third-order valence-corrected chi connectivity index (χ3v) is 8.05. The van der Waals surface area contributed by atoms with Gasteiger partial charge < -0.3 is 4.42 Å². The number of thiophene rings is 1. The van der Waals surface area contributed by atoms with E-state index in [9.17, 15) is 9.59 Å². The highest BCUT2D eigenvalue weighted by Gasteiger charge is 2.25. The highest BCUT2D eigenvalue weighted by atomic mass is 32.2. The van der Waals surface area contributed by atoms with Crippen molar-refractivity contribution in [2.45, 2.75) is 57.3 Å². The summed E-state index contributed by atoms with van der Waals surface area (Å²) in [5.74, 6) is 0.287. The van der Waals surface area contributed by atoms with Crippen molar-refractivity contribution in [2.24, 2.45) is 0 Å². The Morgan fingerprint density at radius 2 is 1.97 bits per heavy atom. The van der Waals surface area contributed by atoms with Gasteiger partial charge in [0.25, 0.3) is 5.56 Å². The number of nitrogens with zero attached hydrogens (tertiary/aromatic N) is 3. The summed E-state index contributed by atoms with van der Waals surface area (Å²) in [6.07, 6.45) is 4.35. The summed E-state index contributed by atoms with van der Waals surface area (Å²) in [5.41, 5.74) is 2.53. The van der Waals surface area contributed by atoms with Crippen molar-refractivity contribution in [3.8, 4) is 0 Å². The van der Waals surface area contributed by atoms with Crippen LogP contribution in [0.4, 0.5) is 0 Å². The number of aryl methyl sites for hydroxylation is 3. The van der Waals surface area contributed by atoms with Crippen molar-refractivity contribution in [2.75, 3.05) is 5.75 Å². The standard InChI is InChI=1S/C22H23N3O3S2/c1-13-14(2)30-19-18(13)20(26)25(15-7-3-4-8-15)21(23-19)29-12-11-24-16-9-5-6-10-17(16)28-22(24)27/h5-6,9-10,15H,3-4,7-8,11-12H2,1-2H3. The smallest absolute Gasteiger partial charge is 0.408 e. The summed E-state index contributed by atoms with van der Waals surface area (Å²) in [5, 5.41) is 1.53. The number of fused-ring (bicyclic) bond motifs is 2. The van der Waals surface area contributed by atoms with Gasteiger partial charge in [0.05, 0.1) is 10.9 Å². The first kappa shape index (κ1) is 19.6. The van der Waals surface area contributed by atoms with Crippen molar-refractivity contribution in [1.29, 1.82) is 0 Å². The topological polar surface area (TPSA) is 70.0 Å². The second-order valence-corrected chi connectivity index (χ2v) is 10.1. The minimum Gasteiger partial charge on any atom is -0.408 e. The Bertz CT molecular complexity index is 1360. The quantitative estimate of drug-likeness (QED) is 0.326. The van der Waals surface area contributed by atoms with Gasteiger partial charge in [0.2, 0.25) is 0 Å². The molecule has 0 radical (unpaired) electrons. The van der Waals surface area contributed by atoms with E-state index in [-0.39, 0.29) is 17.4 Å². The fourth-order valence-corrected chi connectivity index (χ4v) is 6.39. The van der Waals surface area contributed by atoms with Crippen LogP contribution < -0.4 is 11.3 Å². The summed E-state index contributed by atoms with van der Waals surface area (Å²) in [6, 6.07) is 7.66. The SMILES string of the molecule is Cc1sc2nc(SCCn3c(=O)oc4ccccc43)n(C3CCCC3)c(=O)c2c1C. The lowest BCUT2D eigenvalue weighted by molar-refractivity contribution is 0.457. The molecule has 6 nitrogen and oxygen atoms in total. The van der Waals surface area contributed by atoms with Crippen LogP contribution in [0.25, 0.3) is 21.3 Å². The van der Waals surface area contributed by atoms with Gasteiger partial charge in [-0.3, -0.25) is 13.9 Å². The Kier molecular flexibility index (Phi) is 5.06. The van der Waals surface area contributed by atoms with E-state index in [1.807, 2.05) is 36.6 Å². The second-order valence-electron chi connectivity index (χ2n) is 7.81. The first-order chi connectivity index (χ1) is 14.5. The lowest BCUT2D eigenvalue weighted by Gasteiger charge is -2.18. The summed E-state index contributed by atoms with van der Waals surface area (Å²) in [4.78, 5) is 32.5. The number of hydrogen-bond donors (Lipinski definition) is 0. The van der Waals surface area contributed by atoms with Crippen LogP contribution >= 0.6 is 23.1 Å². The van der Waals surface area contributed by atoms with E-state index in [1.165, 1.54) is 0 Å². The van der Waals surface area contributed by atoms with E-state index in [4.69, 9.17) is 9.40 Å². The lowest BCUT2D eigenvalue weighted by atomic mass is 10.2. The Morgan fingerprint density at radius 3 is 2.77 bits per heavy atom. The molecule has 156 valence electrons. The van der Waals surface area contributed by atoms with Crippen LogP contribution in [0.15, 0.2) is 43.4 Å². The van der Waals surface area contributed by atoms with Gasteiger partial charge in [-0.05, 0) is 44.4 Å². The van der Waals surface area contributed by atoms with E-state index in [0.717, 1.165) is 57.0 Å². The van der Waals surface area contributed by atoms with Crippen LogP contribution in [0.5, 0.6) is 0 Å². The summed E-state index contributed by atoms with van der Waals surface area (Å²) >= 11 is 3.14. The van der Waals surface area contributed by atoms with E-state index < -0.39 is 0 Å². The number of para-hydroxylation sites is 2. The zero-order chi connectivity index (χ0) is 20.8. The van der Waals surface area contributed by atoms with Crippen LogP contribution in [0, 0.1) is 13.8 Å². The molecule has 1 aromatic carbocycles. The minimum atomic E-state index is -0.349. The highest BCUT2D eigenvalue weighted by molar-refractivity contribution is 7.99. The zero-order valence-corrected chi connectivity index (χ0v) is 18.6. The largest absolute Gasteiger partial charge is 0.419 e. The molecule has 0 saturated heterocycles. The fourth-order valence-electron chi connectivity index (χ4n) is 4.33. The summed E-state index contributed by atoms with van der Waals surface area (Å²) in [6.45, 7) is 4.56. The lowest BCUT2D eigenvalue weighted by Crippen LogP contribution is -2.26. The fraction of sp³-hybridized carbons (Fsp3) is 0.409. The third-order valence-electron chi connectivity index (χ3n) is 6.01. The molecule has 1 fully saturated rings. The van der Waals surface area contributed by atoms with Gasteiger partial charge in [-0.15, -0.1) is 11.3 Å². The first-order valence-electron chi connectivity index (χ1n) is 10.3. The van der Waals surface area contributed by atoms with Gasteiger partial charge in [0.15, 0.2) is 10.7 Å². The molecule has 0 amide bonds. The van der Waals surface area contributed by atoms with Crippen LogP contribution in [-0.4, -0.2) is 19.9 Å². The average Bonchev–Trinajstić information content (AvgIpc) is 3.42. The van der Waals surface area contributed by atoms with Gasteiger partial charge >= 0.3 is 5.76 Å². The molecule has 0 N–H and O–H groups in total. The molecule has 30 heavy (non-hydrogen) atoms. The summed E-state index contributed by atoms with van der Waals surface area (Å²) in [7, 11) is 0. The van der Waals surface area contributed by atoms with Gasteiger partial charge in [-0.25, -0.2) is 9.78 Å². The predicted molar refractivity (Wildman–Crippen MR) is 122 cm³/mol. The van der Waals surface area contributed by atoms with E-state index >= 15 is 0 Å². The monoisotopic (exact) mass is 441 g/mol. The van der Waals surface area contributed by atoms with Gasteiger partial charge in [-0.1, -0.05) is 36.7 Å². The molecule has 1 aliphatic rings. The number of aromatic nitrogens is 3. The first-order valence-corrected chi connectivity index (χ1v) is 12.1. The maximum Gasteiger partial charge on any atom is 0.419 e. The van der Waals surface area contributed by atoms with E-state index in [0.29, 0.717) is 17.9 Å². The Labute approximate surface area is 181 Å². The molecule has 1 saturated carbocycles. The minimum absolute atomic E-state index is 0.0853. The maximum atomic E-state index is 13.4. The second kappa shape index (κ2) is 7.74. The van der Waals surface area contributed by atoms with Crippen LogP contribution in [-0.2, 0) is 6.54 Å². The number of hydrogen-bond acceptors (Lipinski definition) is 6. The Hall–Kier alpha value is -2.32. The molecule has 0 spiro atoms. The highest BCUT2D eigenvalue weighted by Crippen LogP contribution is 2.34. The van der Waals surface area contributed by atoms with Crippen molar-refractivity contribution in [1.82, 2.24) is 14.1 Å². The molecular weight excluding hydrogens is 418 g/mol. The molecule has 1 aliphatic carbocycles. The number of oxazole rings is 1. The van der Waals surface area contributed by atoms with Gasteiger partial charge in [0, 0.05) is 23.2 Å². The number of thioether (sulfide) groups is 1. The zero-order valence-electron chi connectivity index (χ0n) is 17.0. The molecule has 0 bridgehead atoms. The molecule has 0 unspecified atom stereocenters. The summed E-state index contributed by atoms with van der Waals surface area (Å²) < 4.78 is 8.91. The molecule has 3 aromatic heterocycles. The van der Waals surface area contributed by atoms with Crippen molar-refractivity contribution in [3.63, 3.8) is 0 Å². The van der Waals surface area contributed by atoms with Gasteiger partial charge in [0.1, 0.15) is 4.83 Å². The Balaban J connectivity index is 1.50. The van der Waals surface area contributed by atoms with Crippen LogP contribution in [0.1, 0.15) is 42.2 Å². The predicted octanol–water partition coefficient (Wildman–Crippen LogP) is 4.89. The average molecular weight is 442 g/mol. The molecule has 0 atom stereocenters. The maximum absolute atomic E-state index is 13.4. The molecule has 3 heterocycles. The van der Waals surface area contributed by atoms with Crippen molar-refractivity contribution in [3.05, 3.63) is 55.6 Å². The molecular formula is C22H23N3O3S2. The molecule has 8 heteroatoms. The third kappa shape index (κ3) is 3.22. The van der Waals surface area contributed by atoms with Crippen LogP contribution in [0.3, 0.4) is 0 Å². The number of rotatable bonds is 5. The number of benzene rings is 1.